The summed E-state index contributed by atoms with van der Waals surface area (Å²) in [6.07, 6.45) is 5.57. The minimum atomic E-state index is -6.09. The molecular formula is C23H31F2NO8RfS2-2. The number of carbonyl (C=O) groups is 3. The van der Waals surface area contributed by atoms with E-state index in [1.807, 2.05) is 20.8 Å². The Labute approximate surface area is 213 Å². The second kappa shape index (κ2) is 10.0. The summed E-state index contributed by atoms with van der Waals surface area (Å²) in [6.45, 7) is 4.87. The molecule has 4 fully saturated rings. The van der Waals surface area contributed by atoms with Crippen molar-refractivity contribution in [2.24, 2.45) is 17.8 Å². The molecule has 4 rings (SSSR count). The standard InChI is InChI=1S/C23H32F2NO8S2.Rf/c1-22(2,3)26-15-16(34-20(28)12-9-7-5-4-6-8-10-12)18-14(13(19(26)27)17(15)35-18)21(29)33-11-23(24,25)36(30,31)32;/h11-18H,4-10H2,1-3H3,(H,30,31,32);/q-1;/p-1. The van der Waals surface area contributed by atoms with Crippen LogP contribution >= 0.6 is 11.8 Å². The maximum Gasteiger partial charge on any atom is 0.309 e. The molecule has 3 aliphatic heterocycles. The van der Waals surface area contributed by atoms with Gasteiger partial charge in [-0.15, -0.1) is 11.8 Å². The summed E-state index contributed by atoms with van der Waals surface area (Å²) in [5.74, 6) is -4.42. The van der Waals surface area contributed by atoms with Gasteiger partial charge in [-0.2, -0.15) is 0 Å². The number of carbonyl (C=O) groups excluding carboxylic acids is 3. The van der Waals surface area contributed by atoms with Gasteiger partial charge in [0.15, 0.2) is 0 Å². The molecule has 3 heterocycles. The fraction of sp³-hybridized carbons (Fsp3) is 0.826. The number of rotatable bonds is 6. The van der Waals surface area contributed by atoms with E-state index in [-0.39, 0.29) is 17.8 Å². The summed E-state index contributed by atoms with van der Waals surface area (Å²) in [5.41, 5.74) is -0.663. The van der Waals surface area contributed by atoms with Crippen LogP contribution in [0.4, 0.5) is 8.78 Å². The molecule has 6 atom stereocenters. The third-order valence-corrected chi connectivity index (χ3v) is 10.1. The van der Waals surface area contributed by atoms with Crippen molar-refractivity contribution in [3.05, 3.63) is 6.61 Å². The van der Waals surface area contributed by atoms with E-state index in [2.05, 4.69) is 4.74 Å². The van der Waals surface area contributed by atoms with Crippen molar-refractivity contribution in [3.8, 4) is 0 Å². The first-order valence-electron chi connectivity index (χ1n) is 12.2. The van der Waals surface area contributed by atoms with E-state index in [4.69, 9.17) is 4.74 Å². The van der Waals surface area contributed by atoms with Crippen LogP contribution in [0.1, 0.15) is 65.7 Å². The van der Waals surface area contributed by atoms with Crippen LogP contribution in [-0.2, 0) is 34.0 Å². The minimum absolute atomic E-state index is 0. The summed E-state index contributed by atoms with van der Waals surface area (Å²) in [5, 5.41) is -6.06. The molecule has 4 aliphatic rings. The van der Waals surface area contributed by atoms with Crippen molar-refractivity contribution in [2.45, 2.75) is 99.2 Å². The molecule has 1 aliphatic carbocycles. The van der Waals surface area contributed by atoms with Crippen LogP contribution in [0.2, 0.25) is 0 Å². The molecule has 0 radical (unpaired) electrons. The number of thioether (sulfide) groups is 1. The zero-order valence-electron chi connectivity index (χ0n) is 21.1. The average molecular weight is 819 g/mol. The quantitative estimate of drug-likeness (QED) is 0.226. The number of esters is 2. The van der Waals surface area contributed by atoms with Gasteiger partial charge >= 0.3 is 5.97 Å². The number of amides is 1. The zero-order chi connectivity index (χ0) is 26.6. The fourth-order valence-electron chi connectivity index (χ4n) is 5.99. The van der Waals surface area contributed by atoms with E-state index in [1.54, 1.807) is 4.90 Å². The number of ether oxygens (including phenoxy) is 2. The predicted octanol–water partition coefficient (Wildman–Crippen LogP) is 2.84. The Hall–Kier alpha value is -2.47. The molecule has 1 saturated carbocycles. The van der Waals surface area contributed by atoms with Crippen LogP contribution in [0.15, 0.2) is 0 Å². The van der Waals surface area contributed by atoms with Gasteiger partial charge in [-0.3, -0.25) is 14.4 Å². The first-order valence-corrected chi connectivity index (χ1v) is 14.6. The second-order valence-corrected chi connectivity index (χ2v) is 13.8. The minimum Gasteiger partial charge on any atom is -0.746 e. The van der Waals surface area contributed by atoms with Crippen molar-refractivity contribution >= 4 is 39.7 Å². The molecule has 6 unspecified atom stereocenters. The number of nitrogens with zero attached hydrogens (tertiary/aromatic N) is 1. The SMILES string of the molecule is CC(C)(C)N1C(=O)C2C3SC(C(OC(=O)C4CCCCCCC4)C31)C2C(=O)O[CH-]C(F)(F)S(=O)(=O)[O-].[Rf]. The molecule has 0 aromatic heterocycles. The Morgan fingerprint density at radius 2 is 1.62 bits per heavy atom. The molecule has 37 heavy (non-hydrogen) atoms. The number of alkyl halides is 2. The van der Waals surface area contributed by atoms with Gasteiger partial charge in [0.25, 0.3) is 11.2 Å². The number of halogens is 2. The summed E-state index contributed by atoms with van der Waals surface area (Å²) in [6, 6.07) is -0.480. The van der Waals surface area contributed by atoms with Crippen molar-refractivity contribution in [2.75, 3.05) is 0 Å². The summed E-state index contributed by atoms with van der Waals surface area (Å²) in [4.78, 5) is 41.1. The molecular weight excluding hydrogens is 787 g/mol. The van der Waals surface area contributed by atoms with Gasteiger partial charge in [0.1, 0.15) is 16.2 Å². The number of fused-ring (bicyclic) bond motifs is 1. The van der Waals surface area contributed by atoms with Crippen molar-refractivity contribution in [1.29, 1.82) is 0 Å². The van der Waals surface area contributed by atoms with E-state index in [0.717, 1.165) is 32.1 Å². The smallest absolute Gasteiger partial charge is 0.309 e. The maximum atomic E-state index is 13.6. The fourth-order valence-corrected chi connectivity index (χ4v) is 8.24. The summed E-state index contributed by atoms with van der Waals surface area (Å²) in [7, 11) is -6.09. The normalized spacial score (nSPS) is 32.5. The van der Waals surface area contributed by atoms with Crippen LogP contribution in [0.3, 0.4) is 0 Å². The zero-order valence-corrected chi connectivity index (χ0v) is 29.1. The molecule has 14 heteroatoms. The van der Waals surface area contributed by atoms with Crippen molar-refractivity contribution in [3.63, 3.8) is 0 Å². The van der Waals surface area contributed by atoms with E-state index >= 15 is 0 Å². The predicted molar refractivity (Wildman–Crippen MR) is 123 cm³/mol. The molecule has 9 nitrogen and oxygen atoms in total. The molecule has 1 amide bonds. The van der Waals surface area contributed by atoms with E-state index < -0.39 is 68.0 Å². The largest absolute Gasteiger partial charge is 0.746 e. The van der Waals surface area contributed by atoms with Crippen LogP contribution in [0.5, 0.6) is 0 Å². The van der Waals surface area contributed by atoms with Crippen LogP contribution < -0.4 is 0 Å². The molecule has 3 saturated heterocycles. The molecule has 2 bridgehead atoms. The van der Waals surface area contributed by atoms with Crippen LogP contribution in [0, 0.1) is 24.4 Å². The monoisotopic (exact) mass is 818 g/mol. The van der Waals surface area contributed by atoms with Crippen LogP contribution in [0.25, 0.3) is 0 Å². The van der Waals surface area contributed by atoms with Gasteiger partial charge in [0, 0.05) is 10.8 Å². The van der Waals surface area contributed by atoms with Gasteiger partial charge < -0.3 is 18.9 Å². The number of hydrogen-bond acceptors (Lipinski definition) is 9. The first-order chi connectivity index (χ1) is 16.6. The van der Waals surface area contributed by atoms with Crippen LogP contribution in [-0.4, -0.2) is 69.2 Å². The van der Waals surface area contributed by atoms with E-state index in [0.29, 0.717) is 12.8 Å². The molecule has 0 spiro atoms. The van der Waals surface area contributed by atoms with E-state index in [1.165, 1.54) is 11.8 Å². The van der Waals surface area contributed by atoms with Crippen molar-refractivity contribution in [1.82, 2.24) is 4.90 Å². The second-order valence-electron chi connectivity index (χ2n) is 11.0. The molecule has 206 valence electrons. The third kappa shape index (κ3) is 5.14. The van der Waals surface area contributed by atoms with Gasteiger partial charge in [0.05, 0.1) is 29.0 Å². The average Bonchev–Trinajstić information content (AvgIpc) is 3.33. The van der Waals surface area contributed by atoms with Gasteiger partial charge in [-0.05, 0) is 33.6 Å². The first kappa shape index (κ1) is 29.1. The maximum absolute atomic E-state index is 13.6. The Morgan fingerprint density at radius 1 is 1.05 bits per heavy atom. The number of hydrogen-bond donors (Lipinski definition) is 0. The molecule has 0 N–H and O–H groups in total. The Balaban J connectivity index is 0.00000380. The summed E-state index contributed by atoms with van der Waals surface area (Å²) >= 11 is 1.29. The Bertz CT molecular complexity index is 1010. The number of likely N-dealkylation sites (tertiary alicyclic amines) is 1. The van der Waals surface area contributed by atoms with Crippen molar-refractivity contribution < 1.29 is 45.6 Å². The third-order valence-electron chi connectivity index (χ3n) is 7.56. The summed E-state index contributed by atoms with van der Waals surface area (Å²) < 4.78 is 69.9. The molecule has 0 aromatic rings. The Morgan fingerprint density at radius 3 is 2.16 bits per heavy atom. The van der Waals surface area contributed by atoms with E-state index in [9.17, 15) is 36.1 Å². The Kier molecular flexibility index (Phi) is 7.87. The van der Waals surface area contributed by atoms with Gasteiger partial charge in [-0.25, -0.2) is 17.2 Å². The van der Waals surface area contributed by atoms with Gasteiger partial charge in [0.2, 0.25) is 5.91 Å². The molecule has 0 aromatic carbocycles. The van der Waals surface area contributed by atoms with Gasteiger partial charge in [-0.1, -0.05) is 38.7 Å². The topological polar surface area (TPSA) is 130 Å².